The topological polar surface area (TPSA) is 104 Å². The lowest BCUT2D eigenvalue weighted by Gasteiger charge is -2.15. The number of ether oxygens (including phenoxy) is 1. The number of likely N-dealkylation sites (N-methyl/N-ethyl adjacent to an activating group) is 1. The van der Waals surface area contributed by atoms with Crippen LogP contribution in [0, 0.1) is 0 Å². The van der Waals surface area contributed by atoms with E-state index in [9.17, 15) is 14.4 Å². The lowest BCUT2D eigenvalue weighted by Crippen LogP contribution is -2.44. The Morgan fingerprint density at radius 1 is 1.16 bits per heavy atom. The lowest BCUT2D eigenvalue weighted by molar-refractivity contribution is -0.140. The second kappa shape index (κ2) is 8.51. The van der Waals surface area contributed by atoms with E-state index in [-0.39, 0.29) is 12.5 Å². The molecule has 1 unspecified atom stereocenters. The Morgan fingerprint density at radius 2 is 1.97 bits per heavy atom. The predicted molar refractivity (Wildman–Crippen MR) is 117 cm³/mol. The molecular weight excluding hydrogens is 396 g/mol. The number of aromatic nitrogens is 1. The zero-order chi connectivity index (χ0) is 22.0. The molecule has 0 saturated heterocycles. The molecule has 0 aliphatic carbocycles. The van der Waals surface area contributed by atoms with E-state index in [1.807, 2.05) is 43.5 Å². The predicted octanol–water partition coefficient (Wildman–Crippen LogP) is 2.06. The van der Waals surface area contributed by atoms with Crippen LogP contribution in [0.25, 0.3) is 10.9 Å². The second-order valence-corrected chi connectivity index (χ2v) is 7.28. The fourth-order valence-corrected chi connectivity index (χ4v) is 3.93. The molecule has 1 aliphatic rings. The van der Waals surface area contributed by atoms with Crippen molar-refractivity contribution in [3.05, 3.63) is 59.8 Å². The van der Waals surface area contributed by atoms with Gasteiger partial charge in [-0.25, -0.2) is 0 Å². The molecule has 1 aliphatic heterocycles. The highest BCUT2D eigenvalue weighted by molar-refractivity contribution is 6.35. The van der Waals surface area contributed by atoms with Crippen LogP contribution < -0.4 is 20.3 Å². The van der Waals surface area contributed by atoms with Crippen molar-refractivity contribution in [2.45, 2.75) is 19.4 Å². The summed E-state index contributed by atoms with van der Waals surface area (Å²) < 4.78 is 5.27. The third kappa shape index (κ3) is 3.84. The van der Waals surface area contributed by atoms with Crippen LogP contribution in [0.3, 0.4) is 0 Å². The Morgan fingerprint density at radius 3 is 2.74 bits per heavy atom. The van der Waals surface area contributed by atoms with Gasteiger partial charge >= 0.3 is 11.8 Å². The number of nitrogens with zero attached hydrogens (tertiary/aromatic N) is 1. The molecule has 0 fully saturated rings. The first-order valence-electron chi connectivity index (χ1n) is 10.2. The number of nitrogens with one attached hydrogen (secondary N) is 3. The maximum atomic E-state index is 12.7. The molecule has 3 N–H and O–H groups in total. The minimum atomic E-state index is -0.851. The molecule has 4 rings (SSSR count). The number of anilines is 1. The Hall–Kier alpha value is -3.81. The van der Waals surface area contributed by atoms with E-state index in [1.165, 1.54) is 0 Å². The minimum Gasteiger partial charge on any atom is -0.497 e. The third-order valence-corrected chi connectivity index (χ3v) is 5.50. The van der Waals surface area contributed by atoms with Crippen molar-refractivity contribution < 1.29 is 19.1 Å². The van der Waals surface area contributed by atoms with E-state index in [2.05, 4.69) is 15.6 Å². The first kappa shape index (κ1) is 20.5. The quantitative estimate of drug-likeness (QED) is 0.531. The molecule has 0 saturated carbocycles. The van der Waals surface area contributed by atoms with Crippen molar-refractivity contribution in [2.24, 2.45) is 0 Å². The number of hydrogen-bond acceptors (Lipinski definition) is 4. The van der Waals surface area contributed by atoms with Crippen molar-refractivity contribution in [3.63, 3.8) is 0 Å². The molecule has 8 nitrogen and oxygen atoms in total. The van der Waals surface area contributed by atoms with Crippen molar-refractivity contribution in [1.82, 2.24) is 15.6 Å². The summed E-state index contributed by atoms with van der Waals surface area (Å²) >= 11 is 0. The van der Waals surface area contributed by atoms with E-state index >= 15 is 0 Å². The molecule has 0 spiro atoms. The van der Waals surface area contributed by atoms with E-state index in [4.69, 9.17) is 4.74 Å². The molecule has 160 valence electrons. The van der Waals surface area contributed by atoms with Gasteiger partial charge in [0.1, 0.15) is 11.8 Å². The molecule has 0 radical (unpaired) electrons. The standard InChI is InChI=1S/C23H24N4O4/c1-3-27-19-7-5-4-6-16(19)20(23(27)30)26-22(29)21(28)24-11-10-14-13-25-18-9-8-15(31-2)12-17(14)18/h4-9,12-13,20,25H,3,10-11H2,1-2H3,(H,24,28)(H,26,29). The van der Waals surface area contributed by atoms with Gasteiger partial charge in [-0.3, -0.25) is 14.4 Å². The molecule has 1 aromatic heterocycles. The average Bonchev–Trinajstić information content (AvgIpc) is 3.31. The highest BCUT2D eigenvalue weighted by Crippen LogP contribution is 2.35. The number of methoxy groups -OCH3 is 1. The van der Waals surface area contributed by atoms with Crippen LogP contribution >= 0.6 is 0 Å². The van der Waals surface area contributed by atoms with E-state index < -0.39 is 17.9 Å². The number of para-hydroxylation sites is 1. The Bertz CT molecular complexity index is 1150. The van der Waals surface area contributed by atoms with Gasteiger partial charge in [-0.2, -0.15) is 0 Å². The number of carbonyl (C=O) groups excluding carboxylic acids is 3. The number of rotatable bonds is 6. The Labute approximate surface area is 179 Å². The largest absolute Gasteiger partial charge is 0.497 e. The molecule has 3 aromatic rings. The zero-order valence-electron chi connectivity index (χ0n) is 17.4. The molecule has 2 heterocycles. The number of hydrogen-bond donors (Lipinski definition) is 3. The monoisotopic (exact) mass is 420 g/mol. The van der Waals surface area contributed by atoms with Crippen molar-refractivity contribution >= 4 is 34.3 Å². The summed E-state index contributed by atoms with van der Waals surface area (Å²) in [7, 11) is 1.61. The van der Waals surface area contributed by atoms with Crippen LogP contribution in [0.2, 0.25) is 0 Å². The molecule has 8 heteroatoms. The van der Waals surface area contributed by atoms with Crippen molar-refractivity contribution in [2.75, 3.05) is 25.1 Å². The number of benzene rings is 2. The van der Waals surface area contributed by atoms with Gasteiger partial charge in [-0.15, -0.1) is 0 Å². The summed E-state index contributed by atoms with van der Waals surface area (Å²) in [5.74, 6) is -1.08. The number of fused-ring (bicyclic) bond motifs is 2. The molecule has 1 atom stereocenters. The third-order valence-electron chi connectivity index (χ3n) is 5.50. The van der Waals surface area contributed by atoms with Crippen molar-refractivity contribution in [3.8, 4) is 5.75 Å². The summed E-state index contributed by atoms with van der Waals surface area (Å²) in [6.45, 7) is 2.64. The highest BCUT2D eigenvalue weighted by atomic mass is 16.5. The van der Waals surface area contributed by atoms with Crippen LogP contribution in [-0.4, -0.2) is 42.9 Å². The first-order valence-corrected chi connectivity index (χ1v) is 10.2. The Balaban J connectivity index is 1.37. The fraction of sp³-hybridized carbons (Fsp3) is 0.261. The molecule has 2 aromatic carbocycles. The SMILES string of the molecule is CCN1C(=O)C(NC(=O)C(=O)NCCc2c[nH]c3ccc(OC)cc23)c2ccccc21. The lowest BCUT2D eigenvalue weighted by atomic mass is 10.1. The van der Waals surface area contributed by atoms with Gasteiger partial charge in [0.2, 0.25) is 0 Å². The van der Waals surface area contributed by atoms with Crippen LogP contribution in [0.1, 0.15) is 24.1 Å². The highest BCUT2D eigenvalue weighted by Gasteiger charge is 2.37. The minimum absolute atomic E-state index is 0.238. The van der Waals surface area contributed by atoms with Gasteiger partial charge in [0.05, 0.1) is 7.11 Å². The van der Waals surface area contributed by atoms with Gasteiger partial charge in [0.25, 0.3) is 5.91 Å². The number of carbonyl (C=O) groups is 3. The summed E-state index contributed by atoms with van der Waals surface area (Å²) in [6.07, 6.45) is 2.42. The maximum Gasteiger partial charge on any atom is 0.310 e. The summed E-state index contributed by atoms with van der Waals surface area (Å²) in [5, 5.41) is 6.21. The molecule has 31 heavy (non-hydrogen) atoms. The fourth-order valence-electron chi connectivity index (χ4n) is 3.93. The van der Waals surface area contributed by atoms with Gasteiger partial charge in [0.15, 0.2) is 0 Å². The second-order valence-electron chi connectivity index (χ2n) is 7.28. The number of amides is 3. The van der Waals surface area contributed by atoms with Gasteiger partial charge in [0, 0.05) is 41.4 Å². The summed E-state index contributed by atoms with van der Waals surface area (Å²) in [5.41, 5.74) is 3.44. The van der Waals surface area contributed by atoms with Crippen molar-refractivity contribution in [1.29, 1.82) is 0 Å². The number of H-pyrrole nitrogens is 1. The van der Waals surface area contributed by atoms with E-state index in [1.54, 1.807) is 24.1 Å². The van der Waals surface area contributed by atoms with E-state index in [0.29, 0.717) is 18.5 Å². The number of aromatic amines is 1. The van der Waals surface area contributed by atoms with Gasteiger partial charge in [-0.05, 0) is 43.2 Å². The normalized spacial score (nSPS) is 15.1. The zero-order valence-corrected chi connectivity index (χ0v) is 17.4. The molecular formula is C23H24N4O4. The van der Waals surface area contributed by atoms with Crippen LogP contribution in [0.5, 0.6) is 5.75 Å². The average molecular weight is 420 g/mol. The summed E-state index contributed by atoms with van der Waals surface area (Å²) in [6, 6.07) is 12.1. The van der Waals surface area contributed by atoms with E-state index in [0.717, 1.165) is 27.9 Å². The summed E-state index contributed by atoms with van der Waals surface area (Å²) in [4.78, 5) is 42.2. The van der Waals surface area contributed by atoms with Crippen LogP contribution in [0.4, 0.5) is 5.69 Å². The molecule has 0 bridgehead atoms. The molecule has 3 amide bonds. The maximum absolute atomic E-state index is 12.7. The van der Waals surface area contributed by atoms with Gasteiger partial charge in [-0.1, -0.05) is 18.2 Å². The first-order chi connectivity index (χ1) is 15.0. The Kier molecular flexibility index (Phi) is 5.62. The smallest absolute Gasteiger partial charge is 0.310 e. The van der Waals surface area contributed by atoms with Crippen LogP contribution in [-0.2, 0) is 20.8 Å². The van der Waals surface area contributed by atoms with Crippen LogP contribution in [0.15, 0.2) is 48.7 Å². The van der Waals surface area contributed by atoms with Gasteiger partial charge < -0.3 is 25.3 Å².